The van der Waals surface area contributed by atoms with Crippen LogP contribution in [0.2, 0.25) is 0 Å². The number of rotatable bonds is 4. The second-order valence-corrected chi connectivity index (χ2v) is 5.29. The largest absolute Gasteiger partial charge is 0.381 e. The Labute approximate surface area is 100 Å². The molecule has 1 aromatic heterocycles. The molecule has 2 atom stereocenters. The number of ether oxygens (including phenoxy) is 1. The molecule has 1 N–H and O–H groups in total. The van der Waals surface area contributed by atoms with E-state index in [2.05, 4.69) is 18.3 Å². The predicted octanol–water partition coefficient (Wildman–Crippen LogP) is 2.31. The van der Waals surface area contributed by atoms with Crippen molar-refractivity contribution in [1.29, 1.82) is 5.26 Å². The third-order valence-electron chi connectivity index (χ3n) is 2.90. The summed E-state index contributed by atoms with van der Waals surface area (Å²) in [6, 6.07) is 6.42. The van der Waals surface area contributed by atoms with Crippen LogP contribution in [-0.4, -0.2) is 19.8 Å². The van der Waals surface area contributed by atoms with Gasteiger partial charge < -0.3 is 10.1 Å². The molecule has 1 fully saturated rings. The first-order valence-corrected chi connectivity index (χ1v) is 6.42. The van der Waals surface area contributed by atoms with Gasteiger partial charge in [0.2, 0.25) is 0 Å². The van der Waals surface area contributed by atoms with Gasteiger partial charge in [0.1, 0.15) is 10.9 Å². The molecule has 1 aliphatic rings. The highest BCUT2D eigenvalue weighted by Gasteiger charge is 2.17. The van der Waals surface area contributed by atoms with E-state index in [9.17, 15) is 0 Å². The Bertz CT molecular complexity index is 377. The lowest BCUT2D eigenvalue weighted by Gasteiger charge is -2.14. The maximum atomic E-state index is 8.76. The zero-order valence-corrected chi connectivity index (χ0v) is 10.2. The van der Waals surface area contributed by atoms with Crippen LogP contribution in [-0.2, 0) is 4.74 Å². The molecule has 0 bridgehead atoms. The van der Waals surface area contributed by atoms with Gasteiger partial charge in [-0.1, -0.05) is 0 Å². The van der Waals surface area contributed by atoms with E-state index in [1.165, 1.54) is 4.88 Å². The number of nitrogens with zero attached hydrogens (tertiary/aromatic N) is 1. The van der Waals surface area contributed by atoms with Gasteiger partial charge in [0.25, 0.3) is 0 Å². The lowest BCUT2D eigenvalue weighted by atomic mass is 10.1. The summed E-state index contributed by atoms with van der Waals surface area (Å²) in [6.07, 6.45) is 1.16. The highest BCUT2D eigenvalue weighted by Crippen LogP contribution is 2.23. The number of thiophene rings is 1. The van der Waals surface area contributed by atoms with Crippen molar-refractivity contribution in [3.8, 4) is 6.07 Å². The van der Waals surface area contributed by atoms with Crippen LogP contribution in [0.25, 0.3) is 0 Å². The second-order valence-electron chi connectivity index (χ2n) is 4.17. The first-order chi connectivity index (χ1) is 7.79. The summed E-state index contributed by atoms with van der Waals surface area (Å²) in [5, 5.41) is 12.3. The molecule has 0 radical (unpaired) electrons. The van der Waals surface area contributed by atoms with Gasteiger partial charge in [-0.15, -0.1) is 11.3 Å². The van der Waals surface area contributed by atoms with Crippen LogP contribution in [0, 0.1) is 17.2 Å². The van der Waals surface area contributed by atoms with Crippen molar-refractivity contribution in [2.45, 2.75) is 19.4 Å². The summed E-state index contributed by atoms with van der Waals surface area (Å²) < 4.78 is 5.34. The fourth-order valence-corrected chi connectivity index (χ4v) is 2.67. The first-order valence-electron chi connectivity index (χ1n) is 5.60. The van der Waals surface area contributed by atoms with E-state index in [1.807, 2.05) is 12.1 Å². The summed E-state index contributed by atoms with van der Waals surface area (Å²) in [6.45, 7) is 4.93. The van der Waals surface area contributed by atoms with Crippen molar-refractivity contribution >= 4 is 11.3 Å². The molecule has 0 aliphatic carbocycles. The minimum absolute atomic E-state index is 0.327. The maximum absolute atomic E-state index is 8.76. The Kier molecular flexibility index (Phi) is 3.94. The van der Waals surface area contributed by atoms with Crippen molar-refractivity contribution in [3.05, 3.63) is 21.9 Å². The molecule has 2 heterocycles. The van der Waals surface area contributed by atoms with E-state index in [0.717, 1.165) is 31.1 Å². The molecule has 2 unspecified atom stereocenters. The quantitative estimate of drug-likeness (QED) is 0.872. The molecule has 0 amide bonds. The van der Waals surface area contributed by atoms with E-state index in [4.69, 9.17) is 10.00 Å². The van der Waals surface area contributed by atoms with Gasteiger partial charge >= 0.3 is 0 Å². The minimum atomic E-state index is 0.327. The molecule has 4 heteroatoms. The molecule has 1 saturated heterocycles. The van der Waals surface area contributed by atoms with Crippen molar-refractivity contribution < 1.29 is 4.74 Å². The maximum Gasteiger partial charge on any atom is 0.110 e. The number of nitrogens with one attached hydrogen (secondary N) is 1. The van der Waals surface area contributed by atoms with Crippen LogP contribution < -0.4 is 5.32 Å². The fraction of sp³-hybridized carbons (Fsp3) is 0.583. The third kappa shape index (κ3) is 2.82. The standard InChI is InChI=1S/C12H16N2OS/c1-9(12-3-2-11(6-13)16-12)14-7-10-4-5-15-8-10/h2-3,9-10,14H,4-5,7-8H2,1H3. The van der Waals surface area contributed by atoms with E-state index in [0.29, 0.717) is 12.0 Å². The van der Waals surface area contributed by atoms with Crippen LogP contribution in [0.5, 0.6) is 0 Å². The van der Waals surface area contributed by atoms with Crippen LogP contribution >= 0.6 is 11.3 Å². The molecular formula is C12H16N2OS. The van der Waals surface area contributed by atoms with E-state index >= 15 is 0 Å². The molecular weight excluding hydrogens is 220 g/mol. The lowest BCUT2D eigenvalue weighted by Crippen LogP contribution is -2.25. The summed E-state index contributed by atoms with van der Waals surface area (Å²) in [5.41, 5.74) is 0. The van der Waals surface area contributed by atoms with Crippen molar-refractivity contribution in [3.63, 3.8) is 0 Å². The number of nitriles is 1. The Morgan fingerprint density at radius 2 is 2.56 bits per heavy atom. The van der Waals surface area contributed by atoms with Crippen molar-refractivity contribution in [1.82, 2.24) is 5.32 Å². The molecule has 0 aromatic carbocycles. The Balaban J connectivity index is 1.82. The summed E-state index contributed by atoms with van der Waals surface area (Å²) in [7, 11) is 0. The average Bonchev–Trinajstić information content (AvgIpc) is 2.96. The normalized spacial score (nSPS) is 21.9. The number of hydrogen-bond donors (Lipinski definition) is 1. The Morgan fingerprint density at radius 3 is 3.19 bits per heavy atom. The van der Waals surface area contributed by atoms with Crippen LogP contribution in [0.3, 0.4) is 0 Å². The number of hydrogen-bond acceptors (Lipinski definition) is 4. The SMILES string of the molecule is CC(NCC1CCOC1)c1ccc(C#N)s1. The zero-order valence-electron chi connectivity index (χ0n) is 9.40. The molecule has 0 saturated carbocycles. The highest BCUT2D eigenvalue weighted by atomic mass is 32.1. The molecule has 1 aromatic rings. The Hall–Kier alpha value is -0.890. The van der Waals surface area contributed by atoms with Gasteiger partial charge in [0, 0.05) is 24.1 Å². The van der Waals surface area contributed by atoms with Crippen molar-refractivity contribution in [2.75, 3.05) is 19.8 Å². The molecule has 3 nitrogen and oxygen atoms in total. The summed E-state index contributed by atoms with van der Waals surface area (Å²) in [4.78, 5) is 2.02. The van der Waals surface area contributed by atoms with Crippen molar-refractivity contribution in [2.24, 2.45) is 5.92 Å². The third-order valence-corrected chi connectivity index (χ3v) is 4.07. The average molecular weight is 236 g/mol. The molecule has 86 valence electrons. The van der Waals surface area contributed by atoms with E-state index in [-0.39, 0.29) is 0 Å². The van der Waals surface area contributed by atoms with Crippen LogP contribution in [0.1, 0.15) is 29.1 Å². The molecule has 2 rings (SSSR count). The molecule has 1 aliphatic heterocycles. The first kappa shape index (κ1) is 11.6. The van der Waals surface area contributed by atoms with Crippen LogP contribution in [0.15, 0.2) is 12.1 Å². The minimum Gasteiger partial charge on any atom is -0.381 e. The monoisotopic (exact) mass is 236 g/mol. The fourth-order valence-electron chi connectivity index (χ4n) is 1.83. The van der Waals surface area contributed by atoms with E-state index in [1.54, 1.807) is 11.3 Å². The van der Waals surface area contributed by atoms with E-state index < -0.39 is 0 Å². The zero-order chi connectivity index (χ0) is 11.4. The second kappa shape index (κ2) is 5.44. The van der Waals surface area contributed by atoms with Crippen LogP contribution in [0.4, 0.5) is 0 Å². The van der Waals surface area contributed by atoms with Gasteiger partial charge in [0.15, 0.2) is 0 Å². The molecule has 16 heavy (non-hydrogen) atoms. The Morgan fingerprint density at radius 1 is 1.69 bits per heavy atom. The summed E-state index contributed by atoms with van der Waals surface area (Å²) >= 11 is 1.57. The predicted molar refractivity (Wildman–Crippen MR) is 64.4 cm³/mol. The van der Waals surface area contributed by atoms with Gasteiger partial charge in [-0.05, 0) is 31.4 Å². The lowest BCUT2D eigenvalue weighted by molar-refractivity contribution is 0.184. The van der Waals surface area contributed by atoms with Gasteiger partial charge in [-0.25, -0.2) is 0 Å². The molecule has 0 spiro atoms. The van der Waals surface area contributed by atoms with Gasteiger partial charge in [0.05, 0.1) is 6.61 Å². The smallest absolute Gasteiger partial charge is 0.110 e. The topological polar surface area (TPSA) is 45.0 Å². The van der Waals surface area contributed by atoms with Gasteiger partial charge in [-0.3, -0.25) is 0 Å². The van der Waals surface area contributed by atoms with Gasteiger partial charge in [-0.2, -0.15) is 5.26 Å². The highest BCUT2D eigenvalue weighted by molar-refractivity contribution is 7.12. The summed E-state index contributed by atoms with van der Waals surface area (Å²) in [5.74, 6) is 0.651.